The molecule has 3 heterocycles. The van der Waals surface area contributed by atoms with Gasteiger partial charge in [-0.2, -0.15) is 0 Å². The van der Waals surface area contributed by atoms with Gasteiger partial charge in [-0.15, -0.1) is 0 Å². The van der Waals surface area contributed by atoms with Gasteiger partial charge in [0, 0.05) is 65.8 Å². The first-order chi connectivity index (χ1) is 30.4. The normalized spacial score (nSPS) is 11.2. The van der Waals surface area contributed by atoms with Gasteiger partial charge >= 0.3 is 18.0 Å². The van der Waals surface area contributed by atoms with Crippen LogP contribution in [0.5, 0.6) is 0 Å². The van der Waals surface area contributed by atoms with E-state index in [1.165, 1.54) is 30.5 Å². The summed E-state index contributed by atoms with van der Waals surface area (Å²) in [7, 11) is 0. The third-order valence-electron chi connectivity index (χ3n) is 9.99. The lowest BCUT2D eigenvalue weighted by atomic mass is 9.98. The highest BCUT2D eigenvalue weighted by atomic mass is 19.1. The molecule has 0 aliphatic carbocycles. The first-order valence-electron chi connectivity index (χ1n) is 20.4. The Morgan fingerprint density at radius 2 is 1.36 bits per heavy atom. The number of pyridine rings is 2. The van der Waals surface area contributed by atoms with E-state index in [4.69, 9.17) is 4.74 Å². The van der Waals surface area contributed by atoms with E-state index in [9.17, 15) is 43.8 Å². The number of halogens is 1. The fraction of sp³-hybridized carbons (Fsp3) is 0.255. The predicted octanol–water partition coefficient (Wildman–Crippen LogP) is 7.20. The third-order valence-corrected chi connectivity index (χ3v) is 9.99. The molecule has 3 aromatic heterocycles. The number of aliphatic carboxylic acids is 2. The number of ether oxygens (including phenoxy) is 1. The lowest BCUT2D eigenvalue weighted by molar-refractivity contribution is -0.138. The predicted molar refractivity (Wildman–Crippen MR) is 238 cm³/mol. The number of aromatic nitrogens is 3. The van der Waals surface area contributed by atoms with Crippen molar-refractivity contribution in [1.82, 2.24) is 19.0 Å². The molecule has 0 fully saturated rings. The van der Waals surface area contributed by atoms with E-state index in [0.29, 0.717) is 42.4 Å². The van der Waals surface area contributed by atoms with Gasteiger partial charge in [-0.3, -0.25) is 28.8 Å². The fourth-order valence-electron chi connectivity index (χ4n) is 7.05. The Labute approximate surface area is 365 Å². The Kier molecular flexibility index (Phi) is 14.2. The second-order valence-electron chi connectivity index (χ2n) is 16.0. The molecule has 6 rings (SSSR count). The summed E-state index contributed by atoms with van der Waals surface area (Å²) in [5.74, 6) is -4.97. The maximum absolute atomic E-state index is 15.6. The molecular weight excluding hydrogens is 828 g/mol. The summed E-state index contributed by atoms with van der Waals surface area (Å²) in [4.78, 5) is 88.9. The molecule has 332 valence electrons. The van der Waals surface area contributed by atoms with Crippen LogP contribution < -0.4 is 27.1 Å². The highest BCUT2D eigenvalue weighted by molar-refractivity contribution is 6.14. The van der Waals surface area contributed by atoms with Crippen LogP contribution in [-0.2, 0) is 34.0 Å². The number of benzene rings is 3. The molecule has 3 amide bonds. The third kappa shape index (κ3) is 11.8. The van der Waals surface area contributed by atoms with Gasteiger partial charge in [0.1, 0.15) is 24.5 Å². The van der Waals surface area contributed by atoms with Crippen LogP contribution in [0, 0.1) is 5.82 Å². The number of carboxylic acid groups (broad SMARTS) is 2. The van der Waals surface area contributed by atoms with E-state index in [0.717, 1.165) is 45.9 Å². The minimum absolute atomic E-state index is 0.0538. The van der Waals surface area contributed by atoms with E-state index in [1.54, 1.807) is 69.4 Å². The topological polar surface area (TPSA) is 220 Å². The van der Waals surface area contributed by atoms with E-state index in [-0.39, 0.29) is 33.6 Å². The zero-order valence-electron chi connectivity index (χ0n) is 35.4. The van der Waals surface area contributed by atoms with Crippen molar-refractivity contribution in [3.05, 3.63) is 141 Å². The first kappa shape index (κ1) is 45.7. The van der Waals surface area contributed by atoms with E-state index in [1.807, 2.05) is 10.6 Å². The SMILES string of the molecule is CC(C)(C)OC(=O)NCCCCCCn1ccc2c(C(=O)Nc3ccc(=O)n(CC(=O)O)c3)cc(-c3cc(=O)n(CC(=O)O)cc3NC(=O)c3ccc(-c4ccccc4)cc3F)cc21. The number of hydrogen-bond donors (Lipinski definition) is 5. The summed E-state index contributed by atoms with van der Waals surface area (Å²) in [5.41, 5.74) is 0.0698. The molecule has 17 heteroatoms. The van der Waals surface area contributed by atoms with Crippen molar-refractivity contribution in [3.63, 3.8) is 0 Å². The Morgan fingerprint density at radius 1 is 0.672 bits per heavy atom. The average Bonchev–Trinajstić information content (AvgIpc) is 3.64. The Balaban J connectivity index is 1.36. The van der Waals surface area contributed by atoms with Gasteiger partial charge in [0.2, 0.25) is 0 Å². The summed E-state index contributed by atoms with van der Waals surface area (Å²) in [6, 6.07) is 21.6. The number of fused-ring (bicyclic) bond motifs is 1. The maximum Gasteiger partial charge on any atom is 0.407 e. The molecule has 0 saturated heterocycles. The van der Waals surface area contributed by atoms with Gasteiger partial charge in [0.05, 0.1) is 16.9 Å². The number of nitrogens with one attached hydrogen (secondary N) is 3. The highest BCUT2D eigenvalue weighted by Gasteiger charge is 2.22. The van der Waals surface area contributed by atoms with Crippen molar-refractivity contribution < 1.29 is 43.3 Å². The smallest absolute Gasteiger partial charge is 0.407 e. The zero-order chi connectivity index (χ0) is 46.1. The summed E-state index contributed by atoms with van der Waals surface area (Å²) >= 11 is 0. The van der Waals surface area contributed by atoms with Crippen LogP contribution in [-0.4, -0.2) is 65.9 Å². The van der Waals surface area contributed by atoms with E-state index >= 15 is 4.39 Å². The minimum Gasteiger partial charge on any atom is -0.480 e. The summed E-state index contributed by atoms with van der Waals surface area (Å²) < 4.78 is 24.6. The molecule has 0 aliphatic heterocycles. The van der Waals surface area contributed by atoms with Gasteiger partial charge in [0.15, 0.2) is 0 Å². The van der Waals surface area contributed by atoms with Crippen LogP contribution in [0.15, 0.2) is 113 Å². The van der Waals surface area contributed by atoms with Crippen LogP contribution in [0.2, 0.25) is 0 Å². The van der Waals surface area contributed by atoms with Gasteiger partial charge in [-0.25, -0.2) is 9.18 Å². The molecule has 0 saturated carbocycles. The lowest BCUT2D eigenvalue weighted by Crippen LogP contribution is -2.32. The minimum atomic E-state index is -1.33. The fourth-order valence-corrected chi connectivity index (χ4v) is 7.05. The van der Waals surface area contributed by atoms with Crippen molar-refractivity contribution in [1.29, 1.82) is 0 Å². The molecule has 0 spiro atoms. The van der Waals surface area contributed by atoms with E-state index in [2.05, 4.69) is 16.0 Å². The summed E-state index contributed by atoms with van der Waals surface area (Å²) in [5, 5.41) is 27.5. The van der Waals surface area contributed by atoms with Crippen LogP contribution in [0.3, 0.4) is 0 Å². The Morgan fingerprint density at radius 3 is 2.05 bits per heavy atom. The van der Waals surface area contributed by atoms with Gasteiger partial charge in [-0.05, 0) is 86.7 Å². The monoisotopic (exact) mass is 874 g/mol. The molecule has 6 aromatic rings. The van der Waals surface area contributed by atoms with Crippen molar-refractivity contribution in [2.45, 2.75) is 71.7 Å². The average molecular weight is 875 g/mol. The molecule has 0 radical (unpaired) electrons. The van der Waals surface area contributed by atoms with Crippen LogP contribution in [0.25, 0.3) is 33.2 Å². The number of anilines is 2. The number of carboxylic acids is 2. The lowest BCUT2D eigenvalue weighted by Gasteiger charge is -2.19. The molecule has 0 atom stereocenters. The molecule has 0 unspecified atom stereocenters. The Hall–Kier alpha value is -7.82. The zero-order valence-corrected chi connectivity index (χ0v) is 35.4. The number of carbonyl (C=O) groups is 5. The molecule has 0 bridgehead atoms. The molecule has 0 aliphatic rings. The number of amides is 3. The molecule has 3 aromatic carbocycles. The molecular formula is C47H47FN6O10. The molecule has 64 heavy (non-hydrogen) atoms. The number of alkyl carbamates (subject to hydrolysis) is 1. The standard InChI is InChI=1S/C47H47FN6O10/c1-47(2,3)64-46(63)49-18-9-4-5-10-19-52-20-17-33-36(45(62)50-32-14-16-40(55)53(25-32)27-42(57)58)21-31(23-39(33)52)35-24-41(56)54(28-43(59)60)26-38(35)51-44(61)34-15-13-30(22-37(34)48)29-11-7-6-8-12-29/h6-8,11-17,20-26H,4-5,9-10,18-19,27-28H2,1-3H3,(H,49,63)(H,50,62)(H,51,61)(H,57,58)(H,59,60). The van der Waals surface area contributed by atoms with Gasteiger partial charge < -0.3 is 44.6 Å². The van der Waals surface area contributed by atoms with Crippen LogP contribution in [0.1, 0.15) is 67.2 Å². The van der Waals surface area contributed by atoms with E-state index < -0.39 is 65.5 Å². The number of carbonyl (C=O) groups excluding carboxylic acids is 3. The Bertz CT molecular complexity index is 2860. The second-order valence-corrected chi connectivity index (χ2v) is 16.0. The second kappa shape index (κ2) is 19.9. The quantitative estimate of drug-likeness (QED) is 0.0581. The van der Waals surface area contributed by atoms with Crippen molar-refractivity contribution in [3.8, 4) is 22.3 Å². The number of rotatable bonds is 17. The number of hydrogen-bond acceptors (Lipinski definition) is 8. The number of aryl methyl sites for hydroxylation is 1. The highest BCUT2D eigenvalue weighted by Crippen LogP contribution is 2.34. The van der Waals surface area contributed by atoms with Crippen LogP contribution in [0.4, 0.5) is 20.6 Å². The molecule has 16 nitrogen and oxygen atoms in total. The molecule has 5 N–H and O–H groups in total. The van der Waals surface area contributed by atoms with Crippen molar-refractivity contribution in [2.24, 2.45) is 0 Å². The van der Waals surface area contributed by atoms with Crippen molar-refractivity contribution in [2.75, 3.05) is 17.2 Å². The largest absolute Gasteiger partial charge is 0.480 e. The summed E-state index contributed by atoms with van der Waals surface area (Å²) in [6.07, 6.45) is 6.64. The van der Waals surface area contributed by atoms with Gasteiger partial charge in [-0.1, -0.05) is 49.2 Å². The van der Waals surface area contributed by atoms with Crippen LogP contribution >= 0.6 is 0 Å². The number of nitrogens with zero attached hydrogens (tertiary/aromatic N) is 3. The summed E-state index contributed by atoms with van der Waals surface area (Å²) in [6.45, 7) is 4.89. The number of unbranched alkanes of at least 4 members (excludes halogenated alkanes) is 3. The first-order valence-corrected chi connectivity index (χ1v) is 20.4. The maximum atomic E-state index is 15.6. The van der Waals surface area contributed by atoms with Crippen molar-refractivity contribution >= 4 is 52.1 Å². The van der Waals surface area contributed by atoms with Gasteiger partial charge in [0.25, 0.3) is 22.9 Å².